The molecule has 0 aliphatic carbocycles. The molecule has 0 bridgehead atoms. The summed E-state index contributed by atoms with van der Waals surface area (Å²) in [6.07, 6.45) is 0.630. The Hall–Kier alpha value is -0.900. The predicted octanol–water partition coefficient (Wildman–Crippen LogP) is 2.47. The van der Waals surface area contributed by atoms with Gasteiger partial charge in [0, 0.05) is 11.6 Å². The molecule has 1 atom stereocenters. The number of carbonyl (C=O) groups excluding carboxylic acids is 1. The van der Waals surface area contributed by atoms with Gasteiger partial charge in [-0.05, 0) is 6.07 Å². The van der Waals surface area contributed by atoms with Crippen LogP contribution < -0.4 is 4.74 Å². The van der Waals surface area contributed by atoms with Gasteiger partial charge < -0.3 is 9.53 Å². The van der Waals surface area contributed by atoms with Crippen molar-refractivity contribution in [3.8, 4) is 5.75 Å². The van der Waals surface area contributed by atoms with Gasteiger partial charge in [-0.2, -0.15) is 0 Å². The van der Waals surface area contributed by atoms with E-state index in [4.69, 9.17) is 4.74 Å². The van der Waals surface area contributed by atoms with E-state index in [1.807, 2.05) is 0 Å². The number of aldehydes is 1. The normalized spacial score (nSPS) is 12.2. The highest BCUT2D eigenvalue weighted by Gasteiger charge is 2.11. The van der Waals surface area contributed by atoms with Gasteiger partial charge >= 0.3 is 0 Å². The summed E-state index contributed by atoms with van der Waals surface area (Å²) < 4.78 is 18.0. The fraction of sp³-hybridized carbons (Fsp3) is 0.222. The molecule has 1 rings (SSSR count). The Morgan fingerprint density at radius 3 is 2.77 bits per heavy atom. The van der Waals surface area contributed by atoms with Gasteiger partial charge in [-0.25, -0.2) is 4.39 Å². The summed E-state index contributed by atoms with van der Waals surface area (Å²) >= 11 is 3.03. The van der Waals surface area contributed by atoms with Gasteiger partial charge in [0.25, 0.3) is 0 Å². The number of alkyl halides is 1. The molecule has 0 saturated carbocycles. The van der Waals surface area contributed by atoms with Crippen LogP contribution >= 0.6 is 15.9 Å². The first kappa shape index (κ1) is 10.2. The van der Waals surface area contributed by atoms with E-state index in [0.717, 1.165) is 0 Å². The second-order valence-corrected chi connectivity index (χ2v) is 3.41. The van der Waals surface area contributed by atoms with Gasteiger partial charge in [0.2, 0.25) is 0 Å². The average molecular weight is 247 g/mol. The minimum atomic E-state index is -0.599. The summed E-state index contributed by atoms with van der Waals surface area (Å²) in [6, 6.07) is 4.37. The molecule has 0 radical (unpaired) electrons. The zero-order valence-electron chi connectivity index (χ0n) is 6.96. The van der Waals surface area contributed by atoms with Crippen LogP contribution in [0.4, 0.5) is 4.39 Å². The quantitative estimate of drug-likeness (QED) is 0.605. The van der Waals surface area contributed by atoms with Crippen molar-refractivity contribution in [3.63, 3.8) is 0 Å². The highest BCUT2D eigenvalue weighted by molar-refractivity contribution is 9.09. The van der Waals surface area contributed by atoms with Crippen LogP contribution in [0.1, 0.15) is 10.4 Å². The number of hydrogen-bond donors (Lipinski definition) is 0. The lowest BCUT2D eigenvalue weighted by Crippen LogP contribution is -1.95. The van der Waals surface area contributed by atoms with E-state index in [-0.39, 0.29) is 0 Å². The van der Waals surface area contributed by atoms with Gasteiger partial charge in [0.05, 0.1) is 11.9 Å². The number of ether oxygens (including phenoxy) is 1. The van der Waals surface area contributed by atoms with E-state index >= 15 is 0 Å². The first-order chi connectivity index (χ1) is 6.19. The topological polar surface area (TPSA) is 26.3 Å². The summed E-state index contributed by atoms with van der Waals surface area (Å²) in [5.41, 5.74) is 0.316. The van der Waals surface area contributed by atoms with Gasteiger partial charge in [-0.15, -0.1) is 0 Å². The Labute approximate surface area is 83.8 Å². The highest BCUT2D eigenvalue weighted by atomic mass is 79.9. The third kappa shape index (κ3) is 2.28. The molecule has 0 saturated heterocycles. The standard InChI is InChI=1S/C9H8BrFO2/c1-13-6-2-3-7(8(10)5-12)9(11)4-6/h2-5,8H,1H3/t8-/m1/s1. The van der Waals surface area contributed by atoms with Crippen LogP contribution in [0.15, 0.2) is 18.2 Å². The summed E-state index contributed by atoms with van der Waals surface area (Å²) in [7, 11) is 1.46. The lowest BCUT2D eigenvalue weighted by Gasteiger charge is -2.05. The van der Waals surface area contributed by atoms with Crippen LogP contribution in [0.25, 0.3) is 0 Å². The summed E-state index contributed by atoms with van der Waals surface area (Å²) in [4.78, 5) is 9.77. The van der Waals surface area contributed by atoms with Crippen LogP contribution in [0.5, 0.6) is 5.75 Å². The highest BCUT2D eigenvalue weighted by Crippen LogP contribution is 2.25. The average Bonchev–Trinajstić information content (AvgIpc) is 2.16. The van der Waals surface area contributed by atoms with Gasteiger partial charge in [-0.3, -0.25) is 0 Å². The van der Waals surface area contributed by atoms with E-state index < -0.39 is 10.6 Å². The molecule has 1 aromatic carbocycles. The fourth-order valence-corrected chi connectivity index (χ4v) is 1.30. The maximum absolute atomic E-state index is 13.2. The molecular formula is C9H8BrFO2. The lowest BCUT2D eigenvalue weighted by molar-refractivity contribution is -0.107. The van der Waals surface area contributed by atoms with Crippen molar-refractivity contribution >= 4 is 22.2 Å². The molecule has 0 N–H and O–H groups in total. The first-order valence-corrected chi connectivity index (χ1v) is 4.53. The minimum absolute atomic E-state index is 0.316. The van der Waals surface area contributed by atoms with Gasteiger partial charge in [0.1, 0.15) is 17.9 Å². The van der Waals surface area contributed by atoms with Crippen molar-refractivity contribution in [3.05, 3.63) is 29.6 Å². The van der Waals surface area contributed by atoms with Crippen molar-refractivity contribution in [1.29, 1.82) is 0 Å². The number of hydrogen-bond acceptors (Lipinski definition) is 2. The smallest absolute Gasteiger partial charge is 0.138 e. The lowest BCUT2D eigenvalue weighted by atomic mass is 10.1. The summed E-state index contributed by atoms with van der Waals surface area (Å²) in [6.45, 7) is 0. The Kier molecular flexibility index (Phi) is 3.42. The molecule has 0 fully saturated rings. The molecule has 2 nitrogen and oxygen atoms in total. The van der Waals surface area contributed by atoms with E-state index in [1.54, 1.807) is 6.07 Å². The van der Waals surface area contributed by atoms with Crippen LogP contribution in [0.2, 0.25) is 0 Å². The zero-order valence-corrected chi connectivity index (χ0v) is 8.55. The maximum Gasteiger partial charge on any atom is 0.138 e. The van der Waals surface area contributed by atoms with Crippen molar-refractivity contribution < 1.29 is 13.9 Å². The molecule has 0 amide bonds. The van der Waals surface area contributed by atoms with Crippen LogP contribution in [0.3, 0.4) is 0 Å². The number of carbonyl (C=O) groups is 1. The van der Waals surface area contributed by atoms with Crippen LogP contribution in [0, 0.1) is 5.82 Å². The first-order valence-electron chi connectivity index (χ1n) is 3.62. The van der Waals surface area contributed by atoms with E-state index in [2.05, 4.69) is 15.9 Å². The molecule has 0 aliphatic rings. The van der Waals surface area contributed by atoms with Gasteiger partial charge in [0.15, 0.2) is 0 Å². The molecule has 0 heterocycles. The molecule has 4 heteroatoms. The van der Waals surface area contributed by atoms with Gasteiger partial charge in [-0.1, -0.05) is 22.0 Å². The maximum atomic E-state index is 13.2. The minimum Gasteiger partial charge on any atom is -0.497 e. The molecule has 0 aromatic heterocycles. The van der Waals surface area contributed by atoms with E-state index in [1.165, 1.54) is 19.2 Å². The second kappa shape index (κ2) is 4.37. The van der Waals surface area contributed by atoms with Crippen LogP contribution in [-0.2, 0) is 4.79 Å². The molecule has 0 aliphatic heterocycles. The number of halogens is 2. The Balaban J connectivity index is 3.04. The number of benzene rings is 1. The largest absolute Gasteiger partial charge is 0.497 e. The van der Waals surface area contributed by atoms with Crippen molar-refractivity contribution in [2.24, 2.45) is 0 Å². The van der Waals surface area contributed by atoms with Crippen molar-refractivity contribution in [2.75, 3.05) is 7.11 Å². The summed E-state index contributed by atoms with van der Waals surface area (Å²) in [5, 5.41) is 0. The van der Waals surface area contributed by atoms with Crippen LogP contribution in [-0.4, -0.2) is 13.4 Å². The number of rotatable bonds is 3. The molecule has 70 valence electrons. The summed E-state index contributed by atoms with van der Waals surface area (Å²) in [5.74, 6) is -0.0137. The molecule has 1 aromatic rings. The SMILES string of the molecule is COc1ccc([C@H](Br)C=O)c(F)c1. The third-order valence-corrected chi connectivity index (χ3v) is 2.33. The third-order valence-electron chi connectivity index (χ3n) is 1.62. The monoisotopic (exact) mass is 246 g/mol. The Bertz CT molecular complexity index is 314. The predicted molar refractivity (Wildman–Crippen MR) is 50.7 cm³/mol. The second-order valence-electron chi connectivity index (χ2n) is 2.43. The Morgan fingerprint density at radius 1 is 1.62 bits per heavy atom. The fourth-order valence-electron chi connectivity index (χ4n) is 0.932. The molecular weight excluding hydrogens is 239 g/mol. The Morgan fingerprint density at radius 2 is 2.31 bits per heavy atom. The van der Waals surface area contributed by atoms with Crippen molar-refractivity contribution in [1.82, 2.24) is 0 Å². The zero-order chi connectivity index (χ0) is 9.84. The van der Waals surface area contributed by atoms with E-state index in [0.29, 0.717) is 17.6 Å². The van der Waals surface area contributed by atoms with Crippen molar-refractivity contribution in [2.45, 2.75) is 4.83 Å². The molecule has 13 heavy (non-hydrogen) atoms. The molecule has 0 spiro atoms. The number of methoxy groups -OCH3 is 1. The van der Waals surface area contributed by atoms with E-state index in [9.17, 15) is 9.18 Å². The molecule has 0 unspecified atom stereocenters.